The van der Waals surface area contributed by atoms with Crippen LogP contribution in [0.2, 0.25) is 0 Å². The van der Waals surface area contributed by atoms with E-state index in [9.17, 15) is 14.7 Å². The van der Waals surface area contributed by atoms with Crippen LogP contribution in [0, 0.1) is 0 Å². The molecule has 1 amide bonds. The predicted molar refractivity (Wildman–Crippen MR) is 44.1 cm³/mol. The van der Waals surface area contributed by atoms with E-state index in [-0.39, 0.29) is 6.04 Å². The van der Waals surface area contributed by atoms with E-state index in [1.165, 1.54) is 4.90 Å². The monoisotopic (exact) mass is 187 g/mol. The van der Waals surface area contributed by atoms with Crippen LogP contribution in [0.25, 0.3) is 0 Å². The molecule has 1 aliphatic rings. The second kappa shape index (κ2) is 3.74. The molecule has 1 fully saturated rings. The van der Waals surface area contributed by atoms with Crippen LogP contribution in [-0.4, -0.2) is 45.7 Å². The fourth-order valence-electron chi connectivity index (χ4n) is 1.57. The van der Waals surface area contributed by atoms with Crippen LogP contribution in [0.3, 0.4) is 0 Å². The molecule has 74 valence electrons. The number of carboxylic acids is 1. The lowest BCUT2D eigenvalue weighted by molar-refractivity contribution is -0.158. The largest absolute Gasteiger partial charge is 0.474 e. The van der Waals surface area contributed by atoms with Gasteiger partial charge in [-0.3, -0.25) is 4.79 Å². The summed E-state index contributed by atoms with van der Waals surface area (Å²) < 4.78 is 0. The first-order valence-corrected chi connectivity index (χ1v) is 4.24. The van der Waals surface area contributed by atoms with E-state index in [1.54, 1.807) is 6.92 Å². The van der Waals surface area contributed by atoms with E-state index >= 15 is 0 Å². The molecule has 2 N–H and O–H groups in total. The zero-order valence-electron chi connectivity index (χ0n) is 7.43. The highest BCUT2D eigenvalue weighted by atomic mass is 16.4. The normalized spacial score (nSPS) is 28.6. The summed E-state index contributed by atoms with van der Waals surface area (Å²) in [6.07, 6.45) is 0.510. The predicted octanol–water partition coefficient (Wildman–Crippen LogP) is -0.557. The molecule has 0 spiro atoms. The number of carboxylic acid groups (broad SMARTS) is 1. The van der Waals surface area contributed by atoms with Crippen molar-refractivity contribution in [3.05, 3.63) is 0 Å². The first kappa shape index (κ1) is 9.98. The Morgan fingerprint density at radius 2 is 2.08 bits per heavy atom. The summed E-state index contributed by atoms with van der Waals surface area (Å²) in [5.74, 6) is -2.30. The lowest BCUT2D eigenvalue weighted by atomic mass is 10.0. The minimum absolute atomic E-state index is 0.188. The van der Waals surface area contributed by atoms with Gasteiger partial charge in [-0.1, -0.05) is 0 Å². The SMILES string of the molecule is C[C@H]1C[C@@H](O)CCN1C(=O)C(=O)O. The van der Waals surface area contributed by atoms with Crippen molar-refractivity contribution in [1.29, 1.82) is 0 Å². The molecule has 5 nitrogen and oxygen atoms in total. The van der Waals surface area contributed by atoms with Crippen molar-refractivity contribution in [2.24, 2.45) is 0 Å². The minimum Gasteiger partial charge on any atom is -0.474 e. The first-order chi connectivity index (χ1) is 6.02. The fourth-order valence-corrected chi connectivity index (χ4v) is 1.57. The van der Waals surface area contributed by atoms with Crippen molar-refractivity contribution < 1.29 is 19.8 Å². The molecule has 0 radical (unpaired) electrons. The Balaban J connectivity index is 2.61. The molecular weight excluding hydrogens is 174 g/mol. The molecule has 1 aliphatic heterocycles. The molecule has 2 atom stereocenters. The smallest absolute Gasteiger partial charge is 0.394 e. The van der Waals surface area contributed by atoms with Gasteiger partial charge in [0.05, 0.1) is 6.10 Å². The molecule has 0 unspecified atom stereocenters. The summed E-state index contributed by atoms with van der Waals surface area (Å²) >= 11 is 0. The highest BCUT2D eigenvalue weighted by Gasteiger charge is 2.30. The number of nitrogens with zero attached hydrogens (tertiary/aromatic N) is 1. The quantitative estimate of drug-likeness (QED) is 0.498. The Labute approximate surface area is 76.0 Å². The van der Waals surface area contributed by atoms with Crippen LogP contribution < -0.4 is 0 Å². The average molecular weight is 187 g/mol. The van der Waals surface area contributed by atoms with E-state index in [2.05, 4.69) is 0 Å². The maximum Gasteiger partial charge on any atom is 0.394 e. The summed E-state index contributed by atoms with van der Waals surface area (Å²) in [7, 11) is 0. The number of carbonyl (C=O) groups is 2. The number of hydrogen-bond donors (Lipinski definition) is 2. The number of piperidine rings is 1. The highest BCUT2D eigenvalue weighted by molar-refractivity contribution is 6.31. The maximum absolute atomic E-state index is 11.1. The topological polar surface area (TPSA) is 77.8 Å². The van der Waals surface area contributed by atoms with Crippen molar-refractivity contribution in [2.45, 2.75) is 31.9 Å². The zero-order chi connectivity index (χ0) is 10.0. The van der Waals surface area contributed by atoms with Gasteiger partial charge in [0.15, 0.2) is 0 Å². The number of rotatable bonds is 0. The number of carbonyl (C=O) groups excluding carboxylic acids is 1. The number of aliphatic hydroxyl groups is 1. The van der Waals surface area contributed by atoms with Gasteiger partial charge in [0.2, 0.25) is 0 Å². The third-order valence-corrected chi connectivity index (χ3v) is 2.29. The molecule has 0 aromatic carbocycles. The van der Waals surface area contributed by atoms with Crippen molar-refractivity contribution in [1.82, 2.24) is 4.90 Å². The highest BCUT2D eigenvalue weighted by Crippen LogP contribution is 2.16. The third kappa shape index (κ3) is 2.18. The summed E-state index contributed by atoms with van der Waals surface area (Å²) in [6.45, 7) is 2.07. The van der Waals surface area contributed by atoms with E-state index in [4.69, 9.17) is 5.11 Å². The van der Waals surface area contributed by atoms with Gasteiger partial charge in [-0.05, 0) is 19.8 Å². The van der Waals surface area contributed by atoms with Crippen LogP contribution in [0.4, 0.5) is 0 Å². The molecule has 5 heteroatoms. The van der Waals surface area contributed by atoms with Gasteiger partial charge < -0.3 is 15.1 Å². The molecule has 1 saturated heterocycles. The van der Waals surface area contributed by atoms with E-state index < -0.39 is 18.0 Å². The third-order valence-electron chi connectivity index (χ3n) is 2.29. The van der Waals surface area contributed by atoms with Gasteiger partial charge in [0, 0.05) is 12.6 Å². The Kier molecular flexibility index (Phi) is 2.87. The van der Waals surface area contributed by atoms with E-state index in [1.807, 2.05) is 0 Å². The Morgan fingerprint density at radius 1 is 1.46 bits per heavy atom. The second-order valence-corrected chi connectivity index (χ2v) is 3.33. The van der Waals surface area contributed by atoms with E-state index in [0.29, 0.717) is 19.4 Å². The Morgan fingerprint density at radius 3 is 2.54 bits per heavy atom. The molecule has 1 rings (SSSR count). The zero-order valence-corrected chi connectivity index (χ0v) is 7.43. The molecule has 1 heterocycles. The van der Waals surface area contributed by atoms with Gasteiger partial charge in [0.25, 0.3) is 0 Å². The molecule has 0 aromatic rings. The van der Waals surface area contributed by atoms with Crippen LogP contribution in [0.15, 0.2) is 0 Å². The number of amides is 1. The number of aliphatic carboxylic acids is 1. The van der Waals surface area contributed by atoms with Crippen molar-refractivity contribution in [2.75, 3.05) is 6.54 Å². The summed E-state index contributed by atoms with van der Waals surface area (Å²) in [4.78, 5) is 22.7. The molecule has 0 saturated carbocycles. The van der Waals surface area contributed by atoms with Gasteiger partial charge >= 0.3 is 11.9 Å². The second-order valence-electron chi connectivity index (χ2n) is 3.33. The van der Waals surface area contributed by atoms with Gasteiger partial charge in [-0.15, -0.1) is 0 Å². The van der Waals surface area contributed by atoms with Gasteiger partial charge in [-0.2, -0.15) is 0 Å². The van der Waals surface area contributed by atoms with E-state index in [0.717, 1.165) is 0 Å². The standard InChI is InChI=1S/C8H13NO4/c1-5-4-6(10)2-3-9(5)7(11)8(12)13/h5-6,10H,2-4H2,1H3,(H,12,13)/t5-,6-/m0/s1. The molecule has 0 aromatic heterocycles. The van der Waals surface area contributed by atoms with Crippen molar-refractivity contribution in [3.8, 4) is 0 Å². The summed E-state index contributed by atoms with van der Waals surface area (Å²) in [5.41, 5.74) is 0. The van der Waals surface area contributed by atoms with Crippen molar-refractivity contribution in [3.63, 3.8) is 0 Å². The van der Waals surface area contributed by atoms with Gasteiger partial charge in [-0.25, -0.2) is 4.79 Å². The maximum atomic E-state index is 11.1. The average Bonchev–Trinajstić information content (AvgIpc) is 2.03. The van der Waals surface area contributed by atoms with Crippen LogP contribution in [0.1, 0.15) is 19.8 Å². The molecule has 13 heavy (non-hydrogen) atoms. The lowest BCUT2D eigenvalue weighted by Crippen LogP contribution is -2.48. The fraction of sp³-hybridized carbons (Fsp3) is 0.750. The molecule has 0 bridgehead atoms. The van der Waals surface area contributed by atoms with Crippen LogP contribution in [-0.2, 0) is 9.59 Å². The minimum atomic E-state index is -1.43. The van der Waals surface area contributed by atoms with Crippen molar-refractivity contribution >= 4 is 11.9 Å². The van der Waals surface area contributed by atoms with Crippen LogP contribution in [0.5, 0.6) is 0 Å². The molecule has 0 aliphatic carbocycles. The van der Waals surface area contributed by atoms with Gasteiger partial charge in [0.1, 0.15) is 0 Å². The van der Waals surface area contributed by atoms with Crippen LogP contribution >= 0.6 is 0 Å². The summed E-state index contributed by atoms with van der Waals surface area (Å²) in [5, 5.41) is 17.7. The first-order valence-electron chi connectivity index (χ1n) is 4.24. The summed E-state index contributed by atoms with van der Waals surface area (Å²) in [6, 6.07) is -0.188. The number of likely N-dealkylation sites (tertiary alicyclic amines) is 1. The number of aliphatic hydroxyl groups excluding tert-OH is 1. The lowest BCUT2D eigenvalue weighted by Gasteiger charge is -2.34. The molecular formula is C8H13NO4. The Hall–Kier alpha value is -1.10. The Bertz CT molecular complexity index is 228. The number of hydrogen-bond acceptors (Lipinski definition) is 3.